The molecular formula is C14H13N3O2. The molecule has 0 radical (unpaired) electrons. The standard InChI is InChI=1S/C14H13N3O2/c1-10(18)15-7-3-2-4-11-5-6-13-12(8-11)9-16-17-14(13)19/h5-6,8-9H,3,7H2,1H3,(H,15,18)(H,17,19). The molecule has 1 aromatic carbocycles. The number of amides is 1. The summed E-state index contributed by atoms with van der Waals surface area (Å²) in [5.74, 6) is 5.90. The molecule has 2 N–H and O–H groups in total. The van der Waals surface area contributed by atoms with Gasteiger partial charge in [-0.1, -0.05) is 11.8 Å². The number of nitrogens with zero attached hydrogens (tertiary/aromatic N) is 1. The van der Waals surface area contributed by atoms with Gasteiger partial charge in [-0.05, 0) is 18.2 Å². The molecule has 5 nitrogen and oxygen atoms in total. The van der Waals surface area contributed by atoms with Crippen molar-refractivity contribution >= 4 is 16.7 Å². The molecule has 5 heteroatoms. The lowest BCUT2D eigenvalue weighted by Gasteiger charge is -1.97. The van der Waals surface area contributed by atoms with Crippen molar-refractivity contribution in [2.24, 2.45) is 0 Å². The summed E-state index contributed by atoms with van der Waals surface area (Å²) in [6, 6.07) is 5.35. The number of nitrogens with one attached hydrogen (secondary N) is 2. The van der Waals surface area contributed by atoms with Gasteiger partial charge in [0.25, 0.3) is 5.56 Å². The highest BCUT2D eigenvalue weighted by Crippen LogP contribution is 2.09. The lowest BCUT2D eigenvalue weighted by molar-refractivity contribution is -0.118. The maximum absolute atomic E-state index is 11.5. The Labute approximate surface area is 110 Å². The molecule has 19 heavy (non-hydrogen) atoms. The fraction of sp³-hybridized carbons (Fsp3) is 0.214. The fourth-order valence-electron chi connectivity index (χ4n) is 1.64. The van der Waals surface area contributed by atoms with Crippen molar-refractivity contribution in [1.82, 2.24) is 15.5 Å². The van der Waals surface area contributed by atoms with E-state index in [9.17, 15) is 9.59 Å². The van der Waals surface area contributed by atoms with Gasteiger partial charge < -0.3 is 5.32 Å². The van der Waals surface area contributed by atoms with Crippen LogP contribution in [0.3, 0.4) is 0 Å². The quantitative estimate of drug-likeness (QED) is 0.615. The van der Waals surface area contributed by atoms with Crippen LogP contribution in [0.5, 0.6) is 0 Å². The minimum absolute atomic E-state index is 0.0576. The van der Waals surface area contributed by atoms with Crippen LogP contribution < -0.4 is 10.9 Å². The van der Waals surface area contributed by atoms with Crippen molar-refractivity contribution in [2.45, 2.75) is 13.3 Å². The second kappa shape index (κ2) is 5.83. The van der Waals surface area contributed by atoms with Crippen molar-refractivity contribution in [1.29, 1.82) is 0 Å². The predicted octanol–water partition coefficient (Wildman–Crippen LogP) is 0.801. The van der Waals surface area contributed by atoms with E-state index in [-0.39, 0.29) is 11.5 Å². The summed E-state index contributed by atoms with van der Waals surface area (Å²) >= 11 is 0. The van der Waals surface area contributed by atoms with Gasteiger partial charge in [0.05, 0.1) is 11.6 Å². The lowest BCUT2D eigenvalue weighted by Crippen LogP contribution is -2.20. The Hall–Kier alpha value is -2.61. The third kappa shape index (κ3) is 3.42. The van der Waals surface area contributed by atoms with E-state index in [0.29, 0.717) is 18.4 Å². The summed E-state index contributed by atoms with van der Waals surface area (Å²) in [7, 11) is 0. The Morgan fingerprint density at radius 1 is 1.47 bits per heavy atom. The van der Waals surface area contributed by atoms with Crippen LogP contribution in [0.1, 0.15) is 18.9 Å². The average molecular weight is 255 g/mol. The molecule has 2 rings (SSSR count). The topological polar surface area (TPSA) is 74.8 Å². The first kappa shape index (κ1) is 12.8. The van der Waals surface area contributed by atoms with Crippen molar-refractivity contribution in [2.75, 3.05) is 6.54 Å². The number of benzene rings is 1. The molecule has 0 aliphatic heterocycles. The van der Waals surface area contributed by atoms with E-state index in [1.165, 1.54) is 6.92 Å². The van der Waals surface area contributed by atoms with Gasteiger partial charge in [0.15, 0.2) is 0 Å². The molecule has 0 fully saturated rings. The van der Waals surface area contributed by atoms with Crippen LogP contribution in [0.4, 0.5) is 0 Å². The molecule has 0 atom stereocenters. The van der Waals surface area contributed by atoms with Crippen molar-refractivity contribution in [3.8, 4) is 11.8 Å². The smallest absolute Gasteiger partial charge is 0.272 e. The zero-order valence-electron chi connectivity index (χ0n) is 10.5. The number of aromatic nitrogens is 2. The Morgan fingerprint density at radius 3 is 3.11 bits per heavy atom. The monoisotopic (exact) mass is 255 g/mol. The van der Waals surface area contributed by atoms with Crippen LogP contribution >= 0.6 is 0 Å². The van der Waals surface area contributed by atoms with Gasteiger partial charge in [0.1, 0.15) is 0 Å². The molecule has 1 aromatic heterocycles. The zero-order valence-corrected chi connectivity index (χ0v) is 10.5. The summed E-state index contributed by atoms with van der Waals surface area (Å²) < 4.78 is 0. The van der Waals surface area contributed by atoms with E-state index in [0.717, 1.165) is 10.9 Å². The van der Waals surface area contributed by atoms with Gasteiger partial charge in [0, 0.05) is 30.8 Å². The molecule has 0 saturated heterocycles. The summed E-state index contributed by atoms with van der Waals surface area (Å²) in [5.41, 5.74) is 0.616. The Balaban J connectivity index is 2.12. The van der Waals surface area contributed by atoms with Gasteiger partial charge in [0.2, 0.25) is 5.91 Å². The first-order valence-electron chi connectivity index (χ1n) is 5.87. The minimum Gasteiger partial charge on any atom is -0.355 e. The highest BCUT2D eigenvalue weighted by Gasteiger charge is 1.98. The molecule has 2 aromatic rings. The third-order valence-corrected chi connectivity index (χ3v) is 2.52. The van der Waals surface area contributed by atoms with E-state index in [1.807, 2.05) is 6.07 Å². The van der Waals surface area contributed by atoms with Crippen molar-refractivity contribution < 1.29 is 4.79 Å². The van der Waals surface area contributed by atoms with E-state index in [4.69, 9.17) is 0 Å². The highest BCUT2D eigenvalue weighted by molar-refractivity contribution is 5.81. The fourth-order valence-corrected chi connectivity index (χ4v) is 1.64. The number of hydrogen-bond donors (Lipinski definition) is 2. The Kier molecular flexibility index (Phi) is 3.94. The average Bonchev–Trinajstić information content (AvgIpc) is 2.38. The molecule has 0 aliphatic rings. The second-order valence-electron chi connectivity index (χ2n) is 4.04. The van der Waals surface area contributed by atoms with Crippen LogP contribution in [0.25, 0.3) is 10.8 Å². The Bertz CT molecular complexity index is 723. The van der Waals surface area contributed by atoms with Gasteiger partial charge in [-0.15, -0.1) is 0 Å². The normalized spacial score (nSPS) is 9.74. The second-order valence-corrected chi connectivity index (χ2v) is 4.04. The SMILES string of the molecule is CC(=O)NCCC#Cc1ccc2c(=O)[nH]ncc2c1. The molecule has 1 amide bonds. The van der Waals surface area contributed by atoms with E-state index in [2.05, 4.69) is 27.4 Å². The number of H-pyrrole nitrogens is 1. The first-order chi connectivity index (χ1) is 9.16. The van der Waals surface area contributed by atoms with Gasteiger partial charge in [-0.2, -0.15) is 5.10 Å². The van der Waals surface area contributed by atoms with Crippen LogP contribution in [-0.2, 0) is 4.79 Å². The largest absolute Gasteiger partial charge is 0.355 e. The van der Waals surface area contributed by atoms with Crippen molar-refractivity contribution in [3.63, 3.8) is 0 Å². The number of fused-ring (bicyclic) bond motifs is 1. The van der Waals surface area contributed by atoms with Crippen molar-refractivity contribution in [3.05, 3.63) is 40.3 Å². The molecule has 0 aliphatic carbocycles. The number of hydrogen-bond acceptors (Lipinski definition) is 3. The molecule has 0 saturated carbocycles. The number of carbonyl (C=O) groups is 1. The van der Waals surface area contributed by atoms with Crippen LogP contribution in [-0.4, -0.2) is 22.6 Å². The molecular weight excluding hydrogens is 242 g/mol. The molecule has 1 heterocycles. The van der Waals surface area contributed by atoms with Crippen LogP contribution in [0.15, 0.2) is 29.2 Å². The van der Waals surface area contributed by atoms with Gasteiger partial charge >= 0.3 is 0 Å². The molecule has 0 bridgehead atoms. The summed E-state index contributed by atoms with van der Waals surface area (Å²) in [4.78, 5) is 22.1. The maximum Gasteiger partial charge on any atom is 0.272 e. The lowest BCUT2D eigenvalue weighted by atomic mass is 10.1. The van der Waals surface area contributed by atoms with Gasteiger partial charge in [-0.25, -0.2) is 5.10 Å². The van der Waals surface area contributed by atoms with E-state index < -0.39 is 0 Å². The number of rotatable bonds is 2. The van der Waals surface area contributed by atoms with Crippen LogP contribution in [0.2, 0.25) is 0 Å². The Morgan fingerprint density at radius 2 is 2.32 bits per heavy atom. The molecule has 0 unspecified atom stereocenters. The minimum atomic E-state index is -0.206. The van der Waals surface area contributed by atoms with Crippen LogP contribution in [0, 0.1) is 11.8 Å². The zero-order chi connectivity index (χ0) is 13.7. The third-order valence-electron chi connectivity index (χ3n) is 2.52. The first-order valence-corrected chi connectivity index (χ1v) is 5.87. The van der Waals surface area contributed by atoms with Gasteiger partial charge in [-0.3, -0.25) is 9.59 Å². The van der Waals surface area contributed by atoms with E-state index in [1.54, 1.807) is 18.3 Å². The van der Waals surface area contributed by atoms with E-state index >= 15 is 0 Å². The molecule has 96 valence electrons. The highest BCUT2D eigenvalue weighted by atomic mass is 16.1. The molecule has 0 spiro atoms. The predicted molar refractivity (Wildman–Crippen MR) is 72.5 cm³/mol. The summed E-state index contributed by atoms with van der Waals surface area (Å²) in [6.07, 6.45) is 2.18. The summed E-state index contributed by atoms with van der Waals surface area (Å²) in [6.45, 7) is 2.01. The number of aromatic amines is 1. The summed E-state index contributed by atoms with van der Waals surface area (Å²) in [5, 5.41) is 10.2. The maximum atomic E-state index is 11.5. The number of carbonyl (C=O) groups excluding carboxylic acids is 1.